The van der Waals surface area contributed by atoms with E-state index in [0.29, 0.717) is 0 Å². The van der Waals surface area contributed by atoms with Crippen LogP contribution in [0.2, 0.25) is 0 Å². The van der Waals surface area contributed by atoms with E-state index in [9.17, 15) is 13.2 Å². The van der Waals surface area contributed by atoms with Crippen LogP contribution >= 0.6 is 0 Å². The normalized spacial score (nSPS) is 18.6. The van der Waals surface area contributed by atoms with Crippen LogP contribution in [0.15, 0.2) is 48.5 Å². The Labute approximate surface area is 191 Å². The van der Waals surface area contributed by atoms with Gasteiger partial charge < -0.3 is 10.1 Å². The molecule has 0 saturated heterocycles. The lowest BCUT2D eigenvalue weighted by molar-refractivity contribution is 0.0491. The van der Waals surface area contributed by atoms with Crippen LogP contribution < -0.4 is 10.0 Å². The van der Waals surface area contributed by atoms with Crippen molar-refractivity contribution in [2.75, 3.05) is 5.75 Å². The Balaban J connectivity index is 1.88. The predicted molar refractivity (Wildman–Crippen MR) is 127 cm³/mol. The van der Waals surface area contributed by atoms with Gasteiger partial charge >= 0.3 is 6.09 Å². The molecule has 0 radical (unpaired) electrons. The summed E-state index contributed by atoms with van der Waals surface area (Å²) in [5.41, 5.74) is 3.95. The van der Waals surface area contributed by atoms with Gasteiger partial charge in [-0.1, -0.05) is 48.5 Å². The number of rotatable bonds is 7. The van der Waals surface area contributed by atoms with Crippen LogP contribution in [0.1, 0.15) is 62.3 Å². The lowest BCUT2D eigenvalue weighted by Crippen LogP contribution is -2.44. The summed E-state index contributed by atoms with van der Waals surface area (Å²) in [7, 11) is -3.27. The number of carbonyl (C=O) groups excluding carboxylic acids is 1. The zero-order chi connectivity index (χ0) is 23.4. The van der Waals surface area contributed by atoms with E-state index in [1.807, 2.05) is 45.0 Å². The van der Waals surface area contributed by atoms with Crippen LogP contribution in [0, 0.1) is 0 Å². The first-order valence-electron chi connectivity index (χ1n) is 11.2. The van der Waals surface area contributed by atoms with Gasteiger partial charge in [0.25, 0.3) is 0 Å². The molecule has 0 aromatic heterocycles. The molecule has 2 aromatic rings. The third-order valence-corrected chi connectivity index (χ3v) is 7.04. The number of hydrogen-bond acceptors (Lipinski definition) is 4. The molecule has 32 heavy (non-hydrogen) atoms. The Morgan fingerprint density at radius 2 is 1.81 bits per heavy atom. The Bertz CT molecular complexity index is 1030. The van der Waals surface area contributed by atoms with Crippen LogP contribution in [-0.4, -0.2) is 31.9 Å². The first-order valence-corrected chi connectivity index (χ1v) is 12.8. The van der Waals surface area contributed by atoms with E-state index in [1.54, 1.807) is 6.92 Å². The van der Waals surface area contributed by atoms with Crippen molar-refractivity contribution in [3.63, 3.8) is 0 Å². The summed E-state index contributed by atoms with van der Waals surface area (Å²) in [5.74, 6) is 0.118. The third-order valence-electron chi connectivity index (χ3n) is 5.70. The van der Waals surface area contributed by atoms with Gasteiger partial charge in [0.15, 0.2) is 0 Å². The van der Waals surface area contributed by atoms with Gasteiger partial charge in [-0.2, -0.15) is 0 Å². The fourth-order valence-electron chi connectivity index (χ4n) is 4.10. The maximum atomic E-state index is 12.5. The minimum Gasteiger partial charge on any atom is -0.444 e. The first kappa shape index (κ1) is 24.3. The van der Waals surface area contributed by atoms with Crippen molar-refractivity contribution < 1.29 is 17.9 Å². The maximum absolute atomic E-state index is 12.5. The lowest BCUT2D eigenvalue weighted by atomic mass is 9.75. The fraction of sp³-hybridized carbons (Fsp3) is 0.480. The van der Waals surface area contributed by atoms with E-state index >= 15 is 0 Å². The quantitative estimate of drug-likeness (QED) is 0.648. The highest BCUT2D eigenvalue weighted by Crippen LogP contribution is 2.35. The number of ether oxygens (including phenoxy) is 1. The Hall–Kier alpha value is -2.38. The number of fused-ring (bicyclic) bond motifs is 1. The summed E-state index contributed by atoms with van der Waals surface area (Å²) < 4.78 is 31.9. The van der Waals surface area contributed by atoms with E-state index < -0.39 is 21.7 Å². The highest BCUT2D eigenvalue weighted by atomic mass is 32.2. The smallest absolute Gasteiger partial charge is 0.407 e. The van der Waals surface area contributed by atoms with E-state index in [4.69, 9.17) is 4.74 Å². The van der Waals surface area contributed by atoms with Gasteiger partial charge in [0.2, 0.25) is 10.0 Å². The summed E-state index contributed by atoms with van der Waals surface area (Å²) >= 11 is 0. The SMILES string of the molecule is CCS(=O)(=O)NCc1ccc2c(c1)C(Cc1ccccc1)C(NC(=O)OC(C)(C)C)CC2. The molecule has 0 fully saturated rings. The number of alkyl carbamates (subject to hydrolysis) is 1. The van der Waals surface area contributed by atoms with Crippen molar-refractivity contribution in [3.05, 3.63) is 70.8 Å². The molecular weight excluding hydrogens is 424 g/mol. The summed E-state index contributed by atoms with van der Waals surface area (Å²) in [6, 6.07) is 16.3. The molecule has 2 atom stereocenters. The van der Waals surface area contributed by atoms with Crippen molar-refractivity contribution in [1.82, 2.24) is 10.0 Å². The standard InChI is InChI=1S/C25H34N2O4S/c1-5-32(29,30)26-17-19-11-12-20-13-14-23(27-24(28)31-25(2,3)4)22(21(20)16-19)15-18-9-7-6-8-10-18/h6-12,16,22-23,26H,5,13-15,17H2,1-4H3,(H,27,28). The molecule has 2 aromatic carbocycles. The van der Waals surface area contributed by atoms with Crippen LogP contribution in [0.5, 0.6) is 0 Å². The number of nitrogens with one attached hydrogen (secondary N) is 2. The second-order valence-electron chi connectivity index (χ2n) is 9.35. The molecule has 7 heteroatoms. The van der Waals surface area contributed by atoms with E-state index in [0.717, 1.165) is 30.4 Å². The summed E-state index contributed by atoms with van der Waals surface area (Å²) in [6.45, 7) is 7.44. The van der Waals surface area contributed by atoms with Crippen LogP contribution in [0.3, 0.4) is 0 Å². The Morgan fingerprint density at radius 1 is 1.09 bits per heavy atom. The molecular formula is C25H34N2O4S. The zero-order valence-electron chi connectivity index (χ0n) is 19.4. The lowest BCUT2D eigenvalue weighted by Gasteiger charge is -2.35. The molecule has 6 nitrogen and oxygen atoms in total. The fourth-order valence-corrected chi connectivity index (χ4v) is 4.69. The van der Waals surface area contributed by atoms with Crippen molar-refractivity contribution in [3.8, 4) is 0 Å². The van der Waals surface area contributed by atoms with Crippen molar-refractivity contribution in [1.29, 1.82) is 0 Å². The molecule has 174 valence electrons. The van der Waals surface area contributed by atoms with E-state index in [1.165, 1.54) is 11.1 Å². The number of aryl methyl sites for hydroxylation is 1. The van der Waals surface area contributed by atoms with E-state index in [2.05, 4.69) is 34.3 Å². The molecule has 0 saturated carbocycles. The van der Waals surface area contributed by atoms with Gasteiger partial charge in [0, 0.05) is 18.5 Å². The molecule has 0 spiro atoms. The molecule has 2 N–H and O–H groups in total. The number of carbonyl (C=O) groups is 1. The highest BCUT2D eigenvalue weighted by Gasteiger charge is 2.32. The molecule has 0 aliphatic heterocycles. The maximum Gasteiger partial charge on any atom is 0.407 e. The molecule has 0 heterocycles. The molecule has 3 rings (SSSR count). The third kappa shape index (κ3) is 6.81. The summed E-state index contributed by atoms with van der Waals surface area (Å²) in [5, 5.41) is 3.10. The van der Waals surface area contributed by atoms with Crippen molar-refractivity contribution in [2.45, 2.75) is 71.1 Å². The minimum absolute atomic E-state index is 0.0520. The summed E-state index contributed by atoms with van der Waals surface area (Å²) in [4.78, 5) is 12.5. The van der Waals surface area contributed by atoms with Gasteiger partial charge in [-0.15, -0.1) is 0 Å². The predicted octanol–water partition coefficient (Wildman–Crippen LogP) is 4.29. The van der Waals surface area contributed by atoms with Gasteiger partial charge in [-0.3, -0.25) is 0 Å². The second kappa shape index (κ2) is 10.0. The van der Waals surface area contributed by atoms with Gasteiger partial charge in [0.1, 0.15) is 5.60 Å². The van der Waals surface area contributed by atoms with Crippen molar-refractivity contribution >= 4 is 16.1 Å². The molecule has 0 bridgehead atoms. The van der Waals surface area contributed by atoms with Crippen LogP contribution in [0.4, 0.5) is 4.79 Å². The number of amides is 1. The van der Waals surface area contributed by atoms with Crippen LogP contribution in [0.25, 0.3) is 0 Å². The van der Waals surface area contributed by atoms with E-state index in [-0.39, 0.29) is 24.3 Å². The largest absolute Gasteiger partial charge is 0.444 e. The Kier molecular flexibility index (Phi) is 7.62. The molecule has 1 aliphatic rings. The van der Waals surface area contributed by atoms with Gasteiger partial charge in [-0.25, -0.2) is 17.9 Å². The average molecular weight is 459 g/mol. The molecule has 1 aliphatic carbocycles. The minimum atomic E-state index is -3.27. The summed E-state index contributed by atoms with van der Waals surface area (Å²) in [6.07, 6.45) is 2.04. The molecule has 1 amide bonds. The highest BCUT2D eigenvalue weighted by molar-refractivity contribution is 7.89. The topological polar surface area (TPSA) is 84.5 Å². The second-order valence-corrected chi connectivity index (χ2v) is 11.4. The number of sulfonamides is 1. The van der Waals surface area contributed by atoms with Gasteiger partial charge in [-0.05, 0) is 69.2 Å². The van der Waals surface area contributed by atoms with Gasteiger partial charge in [0.05, 0.1) is 5.75 Å². The number of hydrogen-bond donors (Lipinski definition) is 2. The first-order chi connectivity index (χ1) is 15.1. The zero-order valence-corrected chi connectivity index (χ0v) is 20.2. The van der Waals surface area contributed by atoms with Crippen molar-refractivity contribution in [2.24, 2.45) is 0 Å². The molecule has 2 unspecified atom stereocenters. The monoisotopic (exact) mass is 458 g/mol. The average Bonchev–Trinajstić information content (AvgIpc) is 2.73. The number of benzene rings is 2. The van der Waals surface area contributed by atoms with Crippen LogP contribution in [-0.2, 0) is 34.1 Å². The Morgan fingerprint density at radius 3 is 2.47 bits per heavy atom.